The van der Waals surface area contributed by atoms with E-state index in [0.29, 0.717) is 5.56 Å². The van der Waals surface area contributed by atoms with Crippen molar-refractivity contribution < 1.29 is 14.3 Å². The molecule has 5 heteroatoms. The number of carbonyl (C=O) groups excluding carboxylic acids is 1. The molecule has 0 radical (unpaired) electrons. The van der Waals surface area contributed by atoms with Gasteiger partial charge in [-0.3, -0.25) is 4.79 Å². The van der Waals surface area contributed by atoms with Crippen molar-refractivity contribution in [3.8, 4) is 5.75 Å². The van der Waals surface area contributed by atoms with Gasteiger partial charge >= 0.3 is 0 Å². The molecule has 1 aliphatic heterocycles. The van der Waals surface area contributed by atoms with Gasteiger partial charge in [-0.05, 0) is 47.0 Å². The van der Waals surface area contributed by atoms with E-state index in [1.807, 2.05) is 11.9 Å². The van der Waals surface area contributed by atoms with Gasteiger partial charge < -0.3 is 14.4 Å². The zero-order chi connectivity index (χ0) is 13.8. The lowest BCUT2D eigenvalue weighted by Gasteiger charge is -2.31. The summed E-state index contributed by atoms with van der Waals surface area (Å²) in [4.78, 5) is 14.2. The molecule has 1 aromatic rings. The lowest BCUT2D eigenvalue weighted by molar-refractivity contribution is 0.0362. The molecule has 0 unspecified atom stereocenters. The van der Waals surface area contributed by atoms with Gasteiger partial charge in [-0.25, -0.2) is 0 Å². The van der Waals surface area contributed by atoms with E-state index in [2.05, 4.69) is 15.9 Å². The van der Waals surface area contributed by atoms with Crippen LogP contribution in [0.4, 0.5) is 0 Å². The van der Waals surface area contributed by atoms with Crippen LogP contribution in [0.15, 0.2) is 22.7 Å². The Bertz CT molecular complexity index is 458. The molecule has 1 aliphatic rings. The summed E-state index contributed by atoms with van der Waals surface area (Å²) in [7, 11) is 3.46. The number of nitrogens with zero attached hydrogens (tertiary/aromatic N) is 1. The van der Waals surface area contributed by atoms with E-state index >= 15 is 0 Å². The van der Waals surface area contributed by atoms with Crippen molar-refractivity contribution in [1.29, 1.82) is 0 Å². The largest absolute Gasteiger partial charge is 0.496 e. The Balaban J connectivity index is 2.12. The van der Waals surface area contributed by atoms with Crippen molar-refractivity contribution in [1.82, 2.24) is 4.90 Å². The topological polar surface area (TPSA) is 38.8 Å². The van der Waals surface area contributed by atoms with E-state index in [4.69, 9.17) is 9.47 Å². The van der Waals surface area contributed by atoms with E-state index in [1.54, 1.807) is 25.3 Å². The van der Waals surface area contributed by atoms with Crippen LogP contribution in [-0.4, -0.2) is 44.2 Å². The number of methoxy groups -OCH3 is 1. The fraction of sp³-hybridized carbons (Fsp3) is 0.500. The number of rotatable bonds is 3. The average Bonchev–Trinajstić information content (AvgIpc) is 2.46. The normalized spacial score (nSPS) is 16.2. The summed E-state index contributed by atoms with van der Waals surface area (Å²) in [6.07, 6.45) is 1.80. The van der Waals surface area contributed by atoms with Crippen molar-refractivity contribution in [2.24, 2.45) is 0 Å². The second kappa shape index (κ2) is 6.39. The maximum absolute atomic E-state index is 12.4. The number of hydrogen-bond donors (Lipinski definition) is 0. The van der Waals surface area contributed by atoms with Gasteiger partial charge in [-0.2, -0.15) is 0 Å². The summed E-state index contributed by atoms with van der Waals surface area (Å²) in [5.74, 6) is 0.764. The maximum atomic E-state index is 12.4. The first-order valence-corrected chi connectivity index (χ1v) is 7.11. The molecule has 1 saturated heterocycles. The second-order valence-electron chi connectivity index (χ2n) is 4.61. The summed E-state index contributed by atoms with van der Waals surface area (Å²) in [5.41, 5.74) is 0.668. The average molecular weight is 328 g/mol. The SMILES string of the molecule is COc1ccc(C(=O)N(C)C2CCOCC2)cc1Br. The number of halogens is 1. The van der Waals surface area contributed by atoms with Gasteiger partial charge in [0.1, 0.15) is 5.75 Å². The maximum Gasteiger partial charge on any atom is 0.253 e. The second-order valence-corrected chi connectivity index (χ2v) is 5.46. The molecule has 0 bridgehead atoms. The van der Waals surface area contributed by atoms with E-state index in [9.17, 15) is 4.79 Å². The predicted octanol–water partition coefficient (Wildman–Crippen LogP) is 2.71. The lowest BCUT2D eigenvalue weighted by atomic mass is 10.1. The third-order valence-electron chi connectivity index (χ3n) is 3.46. The minimum Gasteiger partial charge on any atom is -0.496 e. The number of benzene rings is 1. The third-order valence-corrected chi connectivity index (χ3v) is 4.08. The number of amides is 1. The van der Waals surface area contributed by atoms with Crippen LogP contribution in [0.3, 0.4) is 0 Å². The van der Waals surface area contributed by atoms with Gasteiger partial charge in [0.2, 0.25) is 0 Å². The van der Waals surface area contributed by atoms with Crippen molar-refractivity contribution >= 4 is 21.8 Å². The van der Waals surface area contributed by atoms with Crippen LogP contribution in [0.1, 0.15) is 23.2 Å². The standard InChI is InChI=1S/C14H18BrNO3/c1-16(11-5-7-19-8-6-11)14(17)10-3-4-13(18-2)12(15)9-10/h3-4,9,11H,5-8H2,1-2H3. The van der Waals surface area contributed by atoms with Gasteiger partial charge in [-0.15, -0.1) is 0 Å². The minimum atomic E-state index is 0.0373. The summed E-state index contributed by atoms with van der Waals surface area (Å²) in [6, 6.07) is 5.66. The Morgan fingerprint density at radius 2 is 2.11 bits per heavy atom. The van der Waals surface area contributed by atoms with E-state index < -0.39 is 0 Å². The Labute approximate surface area is 121 Å². The third kappa shape index (κ3) is 3.28. The van der Waals surface area contributed by atoms with Crippen molar-refractivity contribution in [2.45, 2.75) is 18.9 Å². The minimum absolute atomic E-state index is 0.0373. The first kappa shape index (κ1) is 14.3. The van der Waals surface area contributed by atoms with Crippen LogP contribution in [0.2, 0.25) is 0 Å². The molecule has 0 atom stereocenters. The van der Waals surface area contributed by atoms with E-state index in [0.717, 1.165) is 36.3 Å². The first-order valence-electron chi connectivity index (χ1n) is 6.32. The molecule has 1 amide bonds. The predicted molar refractivity (Wildman–Crippen MR) is 76.6 cm³/mol. The van der Waals surface area contributed by atoms with Crippen molar-refractivity contribution in [3.05, 3.63) is 28.2 Å². The first-order chi connectivity index (χ1) is 9.13. The van der Waals surface area contributed by atoms with Crippen LogP contribution in [0.5, 0.6) is 5.75 Å². The highest BCUT2D eigenvalue weighted by Crippen LogP contribution is 2.26. The Morgan fingerprint density at radius 1 is 1.42 bits per heavy atom. The fourth-order valence-corrected chi connectivity index (χ4v) is 2.78. The van der Waals surface area contributed by atoms with E-state index in [1.165, 1.54) is 0 Å². The number of ether oxygens (including phenoxy) is 2. The van der Waals surface area contributed by atoms with E-state index in [-0.39, 0.29) is 11.9 Å². The van der Waals surface area contributed by atoms with Gasteiger partial charge in [0.25, 0.3) is 5.91 Å². The zero-order valence-electron chi connectivity index (χ0n) is 11.2. The van der Waals surface area contributed by atoms with Crippen LogP contribution in [0.25, 0.3) is 0 Å². The van der Waals surface area contributed by atoms with Gasteiger partial charge in [0, 0.05) is 31.9 Å². The summed E-state index contributed by atoms with van der Waals surface area (Å²) in [5, 5.41) is 0. The fourth-order valence-electron chi connectivity index (χ4n) is 2.24. The van der Waals surface area contributed by atoms with Crippen molar-refractivity contribution in [3.63, 3.8) is 0 Å². The number of carbonyl (C=O) groups is 1. The van der Waals surface area contributed by atoms with Gasteiger partial charge in [-0.1, -0.05) is 0 Å². The van der Waals surface area contributed by atoms with Crippen LogP contribution < -0.4 is 4.74 Å². The van der Waals surface area contributed by atoms with Crippen LogP contribution in [0, 0.1) is 0 Å². The molecular weight excluding hydrogens is 310 g/mol. The molecule has 104 valence electrons. The Kier molecular flexibility index (Phi) is 4.82. The van der Waals surface area contributed by atoms with Gasteiger partial charge in [0.15, 0.2) is 0 Å². The Morgan fingerprint density at radius 3 is 2.68 bits per heavy atom. The molecule has 19 heavy (non-hydrogen) atoms. The molecule has 2 rings (SSSR count). The quantitative estimate of drug-likeness (QED) is 0.856. The highest BCUT2D eigenvalue weighted by molar-refractivity contribution is 9.10. The molecule has 0 aliphatic carbocycles. The lowest BCUT2D eigenvalue weighted by Crippen LogP contribution is -2.40. The Hall–Kier alpha value is -1.07. The number of hydrogen-bond acceptors (Lipinski definition) is 3. The summed E-state index contributed by atoms with van der Waals surface area (Å²) in [6.45, 7) is 1.46. The van der Waals surface area contributed by atoms with Crippen LogP contribution >= 0.6 is 15.9 Å². The molecular formula is C14H18BrNO3. The van der Waals surface area contributed by atoms with Crippen LogP contribution in [-0.2, 0) is 4.74 Å². The monoisotopic (exact) mass is 327 g/mol. The highest BCUT2D eigenvalue weighted by Gasteiger charge is 2.23. The smallest absolute Gasteiger partial charge is 0.253 e. The molecule has 0 saturated carbocycles. The summed E-state index contributed by atoms with van der Waals surface area (Å²) < 4.78 is 11.3. The molecule has 0 N–H and O–H groups in total. The summed E-state index contributed by atoms with van der Waals surface area (Å²) >= 11 is 3.41. The highest BCUT2D eigenvalue weighted by atomic mass is 79.9. The molecule has 1 aromatic carbocycles. The molecule has 0 aromatic heterocycles. The molecule has 0 spiro atoms. The molecule has 1 heterocycles. The van der Waals surface area contributed by atoms with Crippen molar-refractivity contribution in [2.75, 3.05) is 27.4 Å². The van der Waals surface area contributed by atoms with Gasteiger partial charge in [0.05, 0.1) is 11.6 Å². The zero-order valence-corrected chi connectivity index (χ0v) is 12.8. The molecule has 1 fully saturated rings. The molecule has 4 nitrogen and oxygen atoms in total.